The number of nitrogens with one attached hydrogen (secondary N) is 1. The van der Waals surface area contributed by atoms with Crippen LogP contribution in [0.5, 0.6) is 0 Å². The van der Waals surface area contributed by atoms with Gasteiger partial charge in [0.25, 0.3) is 0 Å². The maximum absolute atomic E-state index is 13.6. The van der Waals surface area contributed by atoms with Crippen LogP contribution in [-0.4, -0.2) is 4.98 Å². The van der Waals surface area contributed by atoms with Gasteiger partial charge >= 0.3 is 0 Å². The quantitative estimate of drug-likeness (QED) is 0.901. The highest BCUT2D eigenvalue weighted by atomic mass is 32.1. The number of halogens is 2. The van der Waals surface area contributed by atoms with Crippen LogP contribution in [-0.2, 0) is 13.0 Å². The van der Waals surface area contributed by atoms with E-state index in [9.17, 15) is 8.78 Å². The molecule has 0 radical (unpaired) electrons. The molecular formula is C14H16F2N2S. The highest BCUT2D eigenvalue weighted by Gasteiger charge is 2.12. The molecule has 0 spiro atoms. The molecule has 0 aliphatic heterocycles. The Labute approximate surface area is 115 Å². The third-order valence-electron chi connectivity index (χ3n) is 2.94. The van der Waals surface area contributed by atoms with Crippen molar-refractivity contribution in [2.75, 3.05) is 0 Å². The number of nitrogens with zero attached hydrogens (tertiary/aromatic N) is 1. The van der Waals surface area contributed by atoms with Gasteiger partial charge in [0.1, 0.15) is 16.6 Å². The van der Waals surface area contributed by atoms with Crippen molar-refractivity contribution in [1.82, 2.24) is 10.3 Å². The fourth-order valence-electron chi connectivity index (χ4n) is 1.80. The Bertz CT molecular complexity index is 554. The van der Waals surface area contributed by atoms with Gasteiger partial charge in [0, 0.05) is 35.3 Å². The predicted octanol–water partition coefficient (Wildman–Crippen LogP) is 3.83. The first-order valence-electron chi connectivity index (χ1n) is 6.22. The first kappa shape index (κ1) is 14.1. The molecule has 0 amide bonds. The van der Waals surface area contributed by atoms with E-state index in [0.717, 1.165) is 17.5 Å². The van der Waals surface area contributed by atoms with Crippen molar-refractivity contribution in [3.8, 4) is 0 Å². The first-order valence-corrected chi connectivity index (χ1v) is 7.03. The standard InChI is InChI=1S/C14H16F2N2S/c1-3-11-7-18-14(19-11)8-17-9(2)12-5-4-10(15)6-13(12)16/h4-7,9,17H,3,8H2,1-2H3. The Morgan fingerprint density at radius 3 is 2.79 bits per heavy atom. The van der Waals surface area contributed by atoms with Crippen LogP contribution in [0.1, 0.15) is 35.3 Å². The Kier molecular flexibility index (Phi) is 4.61. The molecule has 0 saturated carbocycles. The molecule has 2 nitrogen and oxygen atoms in total. The van der Waals surface area contributed by atoms with Crippen molar-refractivity contribution < 1.29 is 8.78 Å². The molecule has 19 heavy (non-hydrogen) atoms. The molecule has 1 aromatic carbocycles. The minimum atomic E-state index is -0.555. The normalized spacial score (nSPS) is 12.6. The van der Waals surface area contributed by atoms with Gasteiger partial charge in [0.15, 0.2) is 0 Å². The van der Waals surface area contributed by atoms with Gasteiger partial charge in [-0.1, -0.05) is 13.0 Å². The number of rotatable bonds is 5. The summed E-state index contributed by atoms with van der Waals surface area (Å²) >= 11 is 1.65. The second kappa shape index (κ2) is 6.21. The zero-order chi connectivity index (χ0) is 13.8. The fraction of sp³-hybridized carbons (Fsp3) is 0.357. The van der Waals surface area contributed by atoms with Crippen LogP contribution in [0.25, 0.3) is 0 Å². The summed E-state index contributed by atoms with van der Waals surface area (Å²) in [4.78, 5) is 5.53. The van der Waals surface area contributed by atoms with Crippen LogP contribution in [0, 0.1) is 11.6 Å². The zero-order valence-electron chi connectivity index (χ0n) is 10.9. The van der Waals surface area contributed by atoms with Crippen molar-refractivity contribution in [3.05, 3.63) is 51.5 Å². The maximum atomic E-state index is 13.6. The molecule has 2 aromatic rings. The van der Waals surface area contributed by atoms with E-state index in [4.69, 9.17) is 0 Å². The summed E-state index contributed by atoms with van der Waals surface area (Å²) in [5.41, 5.74) is 0.466. The third kappa shape index (κ3) is 3.58. The van der Waals surface area contributed by atoms with Gasteiger partial charge in [0.2, 0.25) is 0 Å². The van der Waals surface area contributed by atoms with E-state index in [1.165, 1.54) is 17.0 Å². The molecule has 0 aliphatic carbocycles. The number of aromatic nitrogens is 1. The molecule has 0 saturated heterocycles. The van der Waals surface area contributed by atoms with E-state index in [1.54, 1.807) is 11.3 Å². The average molecular weight is 282 g/mol. The molecule has 0 fully saturated rings. The van der Waals surface area contributed by atoms with Crippen LogP contribution in [0.15, 0.2) is 24.4 Å². The van der Waals surface area contributed by atoms with Crippen molar-refractivity contribution in [3.63, 3.8) is 0 Å². The van der Waals surface area contributed by atoms with E-state index in [0.29, 0.717) is 12.1 Å². The number of hydrogen-bond donors (Lipinski definition) is 1. The van der Waals surface area contributed by atoms with Crippen LogP contribution < -0.4 is 5.32 Å². The number of hydrogen-bond acceptors (Lipinski definition) is 3. The minimum Gasteiger partial charge on any atom is -0.304 e. The maximum Gasteiger partial charge on any atom is 0.130 e. The van der Waals surface area contributed by atoms with Crippen LogP contribution >= 0.6 is 11.3 Å². The Hall–Kier alpha value is -1.33. The zero-order valence-corrected chi connectivity index (χ0v) is 11.7. The van der Waals surface area contributed by atoms with E-state index in [2.05, 4.69) is 17.2 Å². The summed E-state index contributed by atoms with van der Waals surface area (Å²) in [6, 6.07) is 3.47. The molecule has 1 atom stereocenters. The van der Waals surface area contributed by atoms with Gasteiger partial charge in [-0.3, -0.25) is 0 Å². The van der Waals surface area contributed by atoms with Crippen LogP contribution in [0.4, 0.5) is 8.78 Å². The van der Waals surface area contributed by atoms with E-state index in [-0.39, 0.29) is 6.04 Å². The molecule has 1 heterocycles. The lowest BCUT2D eigenvalue weighted by atomic mass is 10.1. The number of aryl methyl sites for hydroxylation is 1. The smallest absolute Gasteiger partial charge is 0.130 e. The average Bonchev–Trinajstić information content (AvgIpc) is 2.84. The summed E-state index contributed by atoms with van der Waals surface area (Å²) in [5, 5.41) is 4.18. The highest BCUT2D eigenvalue weighted by molar-refractivity contribution is 7.11. The van der Waals surface area contributed by atoms with Gasteiger partial charge < -0.3 is 5.32 Å². The molecular weight excluding hydrogens is 266 g/mol. The highest BCUT2D eigenvalue weighted by Crippen LogP contribution is 2.19. The second-order valence-corrected chi connectivity index (χ2v) is 5.54. The molecule has 1 aromatic heterocycles. The lowest BCUT2D eigenvalue weighted by Gasteiger charge is -2.14. The summed E-state index contributed by atoms with van der Waals surface area (Å²) in [6.45, 7) is 4.52. The summed E-state index contributed by atoms with van der Waals surface area (Å²) in [7, 11) is 0. The number of benzene rings is 1. The molecule has 0 aliphatic rings. The Morgan fingerprint density at radius 1 is 1.37 bits per heavy atom. The van der Waals surface area contributed by atoms with Crippen LogP contribution in [0.3, 0.4) is 0 Å². The molecule has 102 valence electrons. The third-order valence-corrected chi connectivity index (χ3v) is 4.08. The molecule has 1 N–H and O–H groups in total. The summed E-state index contributed by atoms with van der Waals surface area (Å²) < 4.78 is 26.4. The van der Waals surface area contributed by atoms with Crippen molar-refractivity contribution in [1.29, 1.82) is 0 Å². The fourth-order valence-corrected chi connectivity index (χ4v) is 2.61. The number of thiazole rings is 1. The molecule has 1 unspecified atom stereocenters. The van der Waals surface area contributed by atoms with Gasteiger partial charge in [-0.05, 0) is 19.4 Å². The first-order chi connectivity index (χ1) is 9.10. The van der Waals surface area contributed by atoms with Crippen molar-refractivity contribution >= 4 is 11.3 Å². The largest absolute Gasteiger partial charge is 0.304 e. The SMILES string of the molecule is CCc1cnc(CNC(C)c2ccc(F)cc2F)s1. The second-order valence-electron chi connectivity index (χ2n) is 4.34. The van der Waals surface area contributed by atoms with Gasteiger partial charge in [-0.15, -0.1) is 11.3 Å². The van der Waals surface area contributed by atoms with Gasteiger partial charge in [-0.2, -0.15) is 0 Å². The summed E-state index contributed by atoms with van der Waals surface area (Å²) in [5.74, 6) is -1.07. The van der Waals surface area contributed by atoms with E-state index < -0.39 is 11.6 Å². The van der Waals surface area contributed by atoms with Crippen molar-refractivity contribution in [2.24, 2.45) is 0 Å². The van der Waals surface area contributed by atoms with Gasteiger partial charge in [-0.25, -0.2) is 13.8 Å². The minimum absolute atomic E-state index is 0.186. The molecule has 2 rings (SSSR count). The van der Waals surface area contributed by atoms with Crippen LogP contribution in [0.2, 0.25) is 0 Å². The summed E-state index contributed by atoms with van der Waals surface area (Å²) in [6.07, 6.45) is 2.84. The predicted molar refractivity (Wildman–Crippen MR) is 73.1 cm³/mol. The lowest BCUT2D eigenvalue weighted by Crippen LogP contribution is -2.19. The molecule has 0 bridgehead atoms. The van der Waals surface area contributed by atoms with E-state index in [1.807, 2.05) is 13.1 Å². The topological polar surface area (TPSA) is 24.9 Å². The Morgan fingerprint density at radius 2 is 2.16 bits per heavy atom. The Balaban J connectivity index is 1.98. The molecule has 5 heteroatoms. The van der Waals surface area contributed by atoms with Gasteiger partial charge in [0.05, 0.1) is 0 Å². The van der Waals surface area contributed by atoms with Crippen molar-refractivity contribution in [2.45, 2.75) is 32.9 Å². The lowest BCUT2D eigenvalue weighted by molar-refractivity contribution is 0.517. The monoisotopic (exact) mass is 282 g/mol. The van der Waals surface area contributed by atoms with E-state index >= 15 is 0 Å².